The maximum Gasteiger partial charge on any atom is 0.341 e. The number of likely N-dealkylation sites (N-methyl/N-ethyl adjacent to an activating group) is 1. The number of benzene rings is 1. The van der Waals surface area contributed by atoms with Crippen LogP contribution in [0.15, 0.2) is 17.1 Å². The van der Waals surface area contributed by atoms with Crippen LogP contribution in [0.3, 0.4) is 0 Å². The predicted molar refractivity (Wildman–Crippen MR) is 99.8 cm³/mol. The Balaban J connectivity index is 2.00. The first-order chi connectivity index (χ1) is 12.4. The molecule has 1 saturated heterocycles. The summed E-state index contributed by atoms with van der Waals surface area (Å²) in [4.78, 5) is 28.8. The fraction of sp³-hybridized carbons (Fsp3) is 0.474. The van der Waals surface area contributed by atoms with Crippen LogP contribution in [-0.2, 0) is 0 Å². The summed E-state index contributed by atoms with van der Waals surface area (Å²) < 4.78 is 7.98. The van der Waals surface area contributed by atoms with Gasteiger partial charge in [-0.2, -0.15) is 0 Å². The van der Waals surface area contributed by atoms with Gasteiger partial charge in [-0.1, -0.05) is 0 Å². The molecule has 1 atom stereocenters. The summed E-state index contributed by atoms with van der Waals surface area (Å²) >= 11 is 0. The Morgan fingerprint density at radius 2 is 1.96 bits per heavy atom. The van der Waals surface area contributed by atoms with Crippen molar-refractivity contribution in [3.8, 4) is 5.75 Å². The predicted octanol–water partition coefficient (Wildman–Crippen LogP) is 1.71. The summed E-state index contributed by atoms with van der Waals surface area (Å²) in [6.45, 7) is 8.11. The van der Waals surface area contributed by atoms with Crippen molar-refractivity contribution in [2.75, 3.05) is 44.7 Å². The molecule has 1 unspecified atom stereocenters. The summed E-state index contributed by atoms with van der Waals surface area (Å²) in [6.07, 6.45) is 1.47. The van der Waals surface area contributed by atoms with Crippen LogP contribution in [0, 0.1) is 6.92 Å². The number of pyridine rings is 1. The number of rotatable bonds is 2. The van der Waals surface area contributed by atoms with Crippen molar-refractivity contribution < 1.29 is 14.6 Å². The highest BCUT2D eigenvalue weighted by Gasteiger charge is 2.29. The van der Waals surface area contributed by atoms with Gasteiger partial charge in [-0.05, 0) is 32.5 Å². The molecule has 1 N–H and O–H groups in total. The van der Waals surface area contributed by atoms with Crippen LogP contribution < -0.4 is 15.1 Å². The van der Waals surface area contributed by atoms with Gasteiger partial charge < -0.3 is 24.2 Å². The van der Waals surface area contributed by atoms with Crippen molar-refractivity contribution in [1.82, 2.24) is 9.47 Å². The van der Waals surface area contributed by atoms with Crippen LogP contribution in [-0.4, -0.2) is 60.4 Å². The monoisotopic (exact) mass is 357 g/mol. The number of carboxylic acid groups (broad SMARTS) is 1. The largest absolute Gasteiger partial charge is 0.487 e. The summed E-state index contributed by atoms with van der Waals surface area (Å²) in [5, 5.41) is 9.83. The maximum absolute atomic E-state index is 12.7. The van der Waals surface area contributed by atoms with Crippen LogP contribution in [0.4, 0.5) is 5.69 Å². The number of ether oxygens (including phenoxy) is 1. The van der Waals surface area contributed by atoms with Gasteiger partial charge in [0.1, 0.15) is 12.2 Å². The number of aromatic nitrogens is 1. The Kier molecular flexibility index (Phi) is 3.91. The van der Waals surface area contributed by atoms with Gasteiger partial charge in [0, 0.05) is 32.4 Å². The van der Waals surface area contributed by atoms with Gasteiger partial charge in [-0.3, -0.25) is 4.79 Å². The van der Waals surface area contributed by atoms with Crippen molar-refractivity contribution in [3.05, 3.63) is 33.6 Å². The first-order valence-corrected chi connectivity index (χ1v) is 8.90. The summed E-state index contributed by atoms with van der Waals surface area (Å²) in [6, 6.07) is 1.78. The molecule has 2 aliphatic rings. The second kappa shape index (κ2) is 6.02. The molecule has 0 bridgehead atoms. The summed E-state index contributed by atoms with van der Waals surface area (Å²) in [5.41, 5.74) is 2.03. The quantitative estimate of drug-likeness (QED) is 0.882. The number of anilines is 1. The highest BCUT2D eigenvalue weighted by Crippen LogP contribution is 2.42. The summed E-state index contributed by atoms with van der Waals surface area (Å²) in [5.74, 6) is -0.488. The van der Waals surface area contributed by atoms with Crippen LogP contribution in [0.1, 0.15) is 28.9 Å². The van der Waals surface area contributed by atoms with Crippen molar-refractivity contribution in [2.24, 2.45) is 0 Å². The third-order valence-electron chi connectivity index (χ3n) is 5.43. The molecule has 0 amide bonds. The molecule has 4 rings (SSSR count). The van der Waals surface area contributed by atoms with Gasteiger partial charge in [-0.15, -0.1) is 0 Å². The smallest absolute Gasteiger partial charge is 0.341 e. The molecule has 0 aliphatic carbocycles. The fourth-order valence-electron chi connectivity index (χ4n) is 3.95. The average Bonchev–Trinajstić information content (AvgIpc) is 2.60. The number of aromatic carboxylic acids is 1. The lowest BCUT2D eigenvalue weighted by Gasteiger charge is -2.37. The number of piperazine rings is 1. The van der Waals surface area contributed by atoms with Gasteiger partial charge in [-0.25, -0.2) is 4.79 Å². The summed E-state index contributed by atoms with van der Waals surface area (Å²) in [7, 11) is 2.11. The van der Waals surface area contributed by atoms with Gasteiger partial charge >= 0.3 is 5.97 Å². The van der Waals surface area contributed by atoms with E-state index in [1.54, 1.807) is 0 Å². The molecular weight excluding hydrogens is 334 g/mol. The Morgan fingerprint density at radius 1 is 1.27 bits per heavy atom. The van der Waals surface area contributed by atoms with Gasteiger partial charge in [0.05, 0.1) is 22.6 Å². The number of aryl methyl sites for hydroxylation is 1. The molecular formula is C19H23N3O4. The lowest BCUT2D eigenvalue weighted by Crippen LogP contribution is -2.45. The van der Waals surface area contributed by atoms with Crippen LogP contribution >= 0.6 is 0 Å². The minimum absolute atomic E-state index is 0.0354. The molecule has 0 saturated carbocycles. The molecule has 7 heteroatoms. The fourth-order valence-corrected chi connectivity index (χ4v) is 3.95. The first kappa shape index (κ1) is 16.9. The minimum Gasteiger partial charge on any atom is -0.487 e. The highest BCUT2D eigenvalue weighted by molar-refractivity contribution is 5.98. The molecule has 2 aliphatic heterocycles. The second-order valence-electron chi connectivity index (χ2n) is 7.30. The van der Waals surface area contributed by atoms with E-state index in [1.807, 2.05) is 24.5 Å². The van der Waals surface area contributed by atoms with Crippen molar-refractivity contribution in [2.45, 2.75) is 19.9 Å². The number of carboxylic acids is 1. The molecule has 7 nitrogen and oxygen atoms in total. The lowest BCUT2D eigenvalue weighted by atomic mass is 10.0. The zero-order chi connectivity index (χ0) is 18.6. The van der Waals surface area contributed by atoms with E-state index in [-0.39, 0.29) is 11.6 Å². The van der Waals surface area contributed by atoms with E-state index in [1.165, 1.54) is 6.20 Å². The molecule has 0 spiro atoms. The Bertz CT molecular complexity index is 958. The zero-order valence-electron chi connectivity index (χ0n) is 15.3. The number of carbonyl (C=O) groups is 1. The topological polar surface area (TPSA) is 75.0 Å². The standard InChI is InChI=1S/C19H23N3O4/c1-11-8-13-16-18(15(11)21-6-4-20(3)5-7-21)26-10-12(2)22(16)9-14(17(13)23)19(24)25/h8-9,12H,4-7,10H2,1-3H3,(H,24,25). The number of hydrogen-bond donors (Lipinski definition) is 1. The third-order valence-corrected chi connectivity index (χ3v) is 5.43. The molecule has 0 radical (unpaired) electrons. The molecule has 1 fully saturated rings. The first-order valence-electron chi connectivity index (χ1n) is 8.90. The van der Waals surface area contributed by atoms with Crippen LogP contribution in [0.5, 0.6) is 5.75 Å². The SMILES string of the molecule is Cc1cc2c(=O)c(C(=O)O)cn3c2c(c1N1CCN(C)CC1)OCC3C. The highest BCUT2D eigenvalue weighted by atomic mass is 16.5. The van der Waals surface area contributed by atoms with E-state index in [0.717, 1.165) is 37.4 Å². The molecule has 3 heterocycles. The zero-order valence-corrected chi connectivity index (χ0v) is 15.3. The van der Waals surface area contributed by atoms with Crippen molar-refractivity contribution in [1.29, 1.82) is 0 Å². The molecule has 1 aromatic heterocycles. The van der Waals surface area contributed by atoms with E-state index >= 15 is 0 Å². The van der Waals surface area contributed by atoms with Gasteiger partial charge in [0.2, 0.25) is 5.43 Å². The molecule has 138 valence electrons. The van der Waals surface area contributed by atoms with Gasteiger partial charge in [0.15, 0.2) is 5.75 Å². The number of nitrogens with zero attached hydrogens (tertiary/aromatic N) is 3. The molecule has 26 heavy (non-hydrogen) atoms. The van der Waals surface area contributed by atoms with E-state index in [2.05, 4.69) is 16.8 Å². The van der Waals surface area contributed by atoms with Crippen LogP contribution in [0.2, 0.25) is 0 Å². The average molecular weight is 357 g/mol. The number of hydrogen-bond acceptors (Lipinski definition) is 5. The molecule has 2 aromatic rings. The third kappa shape index (κ3) is 2.46. The maximum atomic E-state index is 12.7. The van der Waals surface area contributed by atoms with Crippen molar-refractivity contribution >= 4 is 22.6 Å². The van der Waals surface area contributed by atoms with E-state index in [4.69, 9.17) is 4.74 Å². The normalized spacial score (nSPS) is 20.3. The van der Waals surface area contributed by atoms with Crippen LogP contribution in [0.25, 0.3) is 10.9 Å². The second-order valence-corrected chi connectivity index (χ2v) is 7.30. The van der Waals surface area contributed by atoms with E-state index in [0.29, 0.717) is 23.3 Å². The van der Waals surface area contributed by atoms with Gasteiger partial charge in [0.25, 0.3) is 0 Å². The Hall–Kier alpha value is -2.54. The van der Waals surface area contributed by atoms with E-state index < -0.39 is 11.4 Å². The van der Waals surface area contributed by atoms with Crippen molar-refractivity contribution in [3.63, 3.8) is 0 Å². The molecule has 1 aromatic carbocycles. The minimum atomic E-state index is -1.19. The lowest BCUT2D eigenvalue weighted by molar-refractivity contribution is 0.0694. The Labute approximate surface area is 151 Å². The van der Waals surface area contributed by atoms with E-state index in [9.17, 15) is 14.7 Å². The Morgan fingerprint density at radius 3 is 2.62 bits per heavy atom.